The molecule has 0 bridgehead atoms. The van der Waals surface area contributed by atoms with E-state index < -0.39 is 6.04 Å². The molecule has 9 heteroatoms. The van der Waals surface area contributed by atoms with Crippen LogP contribution in [0.5, 0.6) is 11.5 Å². The molecule has 0 spiro atoms. The summed E-state index contributed by atoms with van der Waals surface area (Å²) in [7, 11) is 3.11. The van der Waals surface area contributed by atoms with E-state index in [0.717, 1.165) is 34.0 Å². The first-order valence-corrected chi connectivity index (χ1v) is 12.8. The largest absolute Gasteiger partial charge is 0.497 e. The van der Waals surface area contributed by atoms with E-state index in [1.54, 1.807) is 49.5 Å². The average molecular weight is 538 g/mol. The third-order valence-corrected chi connectivity index (χ3v) is 7.18. The summed E-state index contributed by atoms with van der Waals surface area (Å²) < 4.78 is 28.8. The number of halogens is 1. The summed E-state index contributed by atoms with van der Waals surface area (Å²) in [5, 5.41) is 7.90. The van der Waals surface area contributed by atoms with E-state index in [4.69, 9.17) is 14.6 Å². The van der Waals surface area contributed by atoms with Gasteiger partial charge >= 0.3 is 6.03 Å². The monoisotopic (exact) mass is 537 g/mol. The number of benzene rings is 3. The second-order valence-electron chi connectivity index (χ2n) is 9.52. The minimum atomic E-state index is -0.525. The Hall–Kier alpha value is -5.05. The van der Waals surface area contributed by atoms with Gasteiger partial charge in [-0.05, 0) is 61.0 Å². The molecule has 0 aliphatic carbocycles. The topological polar surface area (TPSA) is 73.6 Å². The van der Waals surface area contributed by atoms with Crippen LogP contribution in [0.3, 0.4) is 0 Å². The summed E-state index contributed by atoms with van der Waals surface area (Å²) in [4.78, 5) is 15.9. The summed E-state index contributed by atoms with van der Waals surface area (Å²) in [6, 6.07) is 24.4. The quantitative estimate of drug-likeness (QED) is 0.287. The summed E-state index contributed by atoms with van der Waals surface area (Å²) in [5.41, 5.74) is 4.70. The number of aromatic nitrogens is 3. The number of methoxy groups -OCH3 is 2. The molecule has 1 aliphatic rings. The van der Waals surface area contributed by atoms with Gasteiger partial charge in [0, 0.05) is 17.8 Å². The fourth-order valence-electron chi connectivity index (χ4n) is 5.24. The first-order chi connectivity index (χ1) is 19.5. The van der Waals surface area contributed by atoms with Crippen molar-refractivity contribution >= 4 is 11.7 Å². The number of hydrogen-bond donors (Lipinski definition) is 1. The Bertz CT molecular complexity index is 1680. The lowest BCUT2D eigenvalue weighted by Gasteiger charge is -2.31. The van der Waals surface area contributed by atoms with Crippen molar-refractivity contribution < 1.29 is 18.7 Å². The molecule has 0 saturated heterocycles. The zero-order chi connectivity index (χ0) is 27.8. The standard InChI is InChI=1S/C31H28FN5O3/c1-20-25-19-36(31(38)33-26-18-24(39-2)15-16-28(26)40-3)29(21-11-13-22(32)14-12-21)27-10-7-17-35(27)30(25)37(34-20)23-8-5-4-6-9-23/h4-18,29H,19H2,1-3H3,(H,33,38)/t29-/m1/s1. The summed E-state index contributed by atoms with van der Waals surface area (Å²) in [5.74, 6) is 1.59. The SMILES string of the molecule is COc1ccc(OC)c(NC(=O)N2Cc3c(C)nn(-c4ccccc4)c3-n3cccc3[C@H]2c2ccc(F)cc2)c1. The molecule has 202 valence electrons. The fourth-order valence-corrected chi connectivity index (χ4v) is 5.24. The van der Waals surface area contributed by atoms with E-state index >= 15 is 0 Å². The Kier molecular flexibility index (Phi) is 6.47. The van der Waals surface area contributed by atoms with Gasteiger partial charge in [-0.25, -0.2) is 13.9 Å². The number of rotatable bonds is 5. The first kappa shape index (κ1) is 25.2. The maximum Gasteiger partial charge on any atom is 0.323 e. The number of urea groups is 1. The Labute approximate surface area is 231 Å². The molecule has 2 aromatic heterocycles. The number of carbonyl (C=O) groups excluding carboxylic acids is 1. The van der Waals surface area contributed by atoms with Crippen molar-refractivity contribution in [2.75, 3.05) is 19.5 Å². The number of hydrogen-bond acceptors (Lipinski definition) is 4. The number of carbonyl (C=O) groups is 1. The highest BCUT2D eigenvalue weighted by Gasteiger charge is 2.36. The van der Waals surface area contributed by atoms with Gasteiger partial charge < -0.3 is 24.3 Å². The van der Waals surface area contributed by atoms with Gasteiger partial charge in [-0.3, -0.25) is 0 Å². The Morgan fingerprint density at radius 3 is 2.48 bits per heavy atom. The van der Waals surface area contributed by atoms with Gasteiger partial charge in [0.25, 0.3) is 0 Å². The molecule has 1 aliphatic heterocycles. The fraction of sp³-hybridized carbons (Fsp3) is 0.161. The number of nitrogens with zero attached hydrogens (tertiary/aromatic N) is 4. The van der Waals surface area contributed by atoms with Crippen LogP contribution in [-0.2, 0) is 6.54 Å². The van der Waals surface area contributed by atoms with Crippen LogP contribution in [-0.4, -0.2) is 39.5 Å². The minimum Gasteiger partial charge on any atom is -0.497 e. The molecule has 6 rings (SSSR count). The molecule has 2 amide bonds. The zero-order valence-electron chi connectivity index (χ0n) is 22.3. The van der Waals surface area contributed by atoms with Crippen LogP contribution < -0.4 is 14.8 Å². The molecular formula is C31H28FN5O3. The average Bonchev–Trinajstić information content (AvgIpc) is 3.54. The van der Waals surface area contributed by atoms with Gasteiger partial charge in [0.1, 0.15) is 23.1 Å². The Morgan fingerprint density at radius 2 is 1.75 bits per heavy atom. The summed E-state index contributed by atoms with van der Waals surface area (Å²) in [6.45, 7) is 2.21. The molecule has 0 unspecified atom stereocenters. The molecule has 3 aromatic carbocycles. The molecule has 1 atom stereocenters. The minimum absolute atomic E-state index is 0.260. The van der Waals surface area contributed by atoms with Crippen molar-refractivity contribution in [3.8, 4) is 23.0 Å². The third-order valence-electron chi connectivity index (χ3n) is 7.18. The smallest absolute Gasteiger partial charge is 0.323 e. The van der Waals surface area contributed by atoms with Crippen LogP contribution in [0.15, 0.2) is 91.1 Å². The molecule has 40 heavy (non-hydrogen) atoms. The molecule has 5 aromatic rings. The Morgan fingerprint density at radius 1 is 0.975 bits per heavy atom. The van der Waals surface area contributed by atoms with Gasteiger partial charge in [-0.15, -0.1) is 0 Å². The highest BCUT2D eigenvalue weighted by Crippen LogP contribution is 2.39. The van der Waals surface area contributed by atoms with Gasteiger partial charge in [-0.2, -0.15) is 5.10 Å². The second-order valence-corrected chi connectivity index (χ2v) is 9.52. The van der Waals surface area contributed by atoms with Crippen LogP contribution in [0.4, 0.5) is 14.9 Å². The number of anilines is 1. The van der Waals surface area contributed by atoms with Crippen molar-refractivity contribution in [1.82, 2.24) is 19.2 Å². The van der Waals surface area contributed by atoms with Crippen LogP contribution in [0.2, 0.25) is 0 Å². The predicted molar refractivity (Wildman–Crippen MR) is 150 cm³/mol. The van der Waals surface area contributed by atoms with Gasteiger partial charge in [0.05, 0.1) is 49.6 Å². The van der Waals surface area contributed by atoms with E-state index in [2.05, 4.69) is 9.88 Å². The third kappa shape index (κ3) is 4.35. The van der Waals surface area contributed by atoms with E-state index in [-0.39, 0.29) is 18.4 Å². The highest BCUT2D eigenvalue weighted by atomic mass is 19.1. The second kappa shape index (κ2) is 10.3. The van der Waals surface area contributed by atoms with Crippen molar-refractivity contribution in [2.45, 2.75) is 19.5 Å². The highest BCUT2D eigenvalue weighted by molar-refractivity contribution is 5.92. The predicted octanol–water partition coefficient (Wildman–Crippen LogP) is 6.26. The van der Waals surface area contributed by atoms with Crippen LogP contribution in [0.25, 0.3) is 11.5 Å². The molecule has 1 N–H and O–H groups in total. The summed E-state index contributed by atoms with van der Waals surface area (Å²) in [6.07, 6.45) is 1.97. The number of para-hydroxylation sites is 1. The van der Waals surface area contributed by atoms with Gasteiger partial charge in [-0.1, -0.05) is 30.3 Å². The maximum atomic E-state index is 14.2. The maximum absolute atomic E-state index is 14.2. The van der Waals surface area contributed by atoms with Crippen LogP contribution in [0.1, 0.15) is 28.6 Å². The lowest BCUT2D eigenvalue weighted by Crippen LogP contribution is -2.38. The van der Waals surface area contributed by atoms with Gasteiger partial charge in [0.2, 0.25) is 0 Å². The summed E-state index contributed by atoms with van der Waals surface area (Å²) >= 11 is 0. The van der Waals surface area contributed by atoms with E-state index in [0.29, 0.717) is 17.2 Å². The van der Waals surface area contributed by atoms with Crippen LogP contribution in [0, 0.1) is 12.7 Å². The lowest BCUT2D eigenvalue weighted by atomic mass is 10.0. The lowest BCUT2D eigenvalue weighted by molar-refractivity contribution is 0.194. The van der Waals surface area contributed by atoms with E-state index in [1.807, 2.05) is 60.3 Å². The van der Waals surface area contributed by atoms with Crippen molar-refractivity contribution in [2.24, 2.45) is 0 Å². The number of fused-ring (bicyclic) bond motifs is 3. The molecule has 8 nitrogen and oxygen atoms in total. The number of ether oxygens (including phenoxy) is 2. The number of amides is 2. The number of aryl methyl sites for hydroxylation is 1. The van der Waals surface area contributed by atoms with Gasteiger partial charge in [0.15, 0.2) is 0 Å². The normalized spacial score (nSPS) is 14.2. The molecule has 3 heterocycles. The van der Waals surface area contributed by atoms with E-state index in [9.17, 15) is 9.18 Å². The molecule has 0 fully saturated rings. The first-order valence-electron chi connectivity index (χ1n) is 12.8. The molecule has 0 radical (unpaired) electrons. The van der Waals surface area contributed by atoms with E-state index in [1.165, 1.54) is 12.1 Å². The van der Waals surface area contributed by atoms with Crippen molar-refractivity contribution in [3.05, 3.63) is 119 Å². The van der Waals surface area contributed by atoms with Crippen molar-refractivity contribution in [1.29, 1.82) is 0 Å². The zero-order valence-corrected chi connectivity index (χ0v) is 22.3. The molecular weight excluding hydrogens is 509 g/mol. The molecule has 0 saturated carbocycles. The van der Waals surface area contributed by atoms with Crippen molar-refractivity contribution in [3.63, 3.8) is 0 Å². The van der Waals surface area contributed by atoms with Crippen LogP contribution >= 0.6 is 0 Å². The Balaban J connectivity index is 1.52. The number of nitrogens with one attached hydrogen (secondary N) is 1.